The van der Waals surface area contributed by atoms with Gasteiger partial charge in [0.1, 0.15) is 0 Å². The molecule has 0 saturated heterocycles. The molecule has 0 spiro atoms. The molecule has 24 heavy (non-hydrogen) atoms. The quantitative estimate of drug-likeness (QED) is 0.706. The van der Waals surface area contributed by atoms with Crippen molar-refractivity contribution in [2.75, 3.05) is 17.2 Å². The first kappa shape index (κ1) is 18.0. The average molecular weight is 325 g/mol. The first-order valence-corrected chi connectivity index (χ1v) is 8.62. The molecule has 2 aromatic rings. The number of benzene rings is 1. The summed E-state index contributed by atoms with van der Waals surface area (Å²) in [4.78, 5) is 16.8. The zero-order chi connectivity index (χ0) is 17.5. The van der Waals surface area contributed by atoms with Crippen LogP contribution in [-0.2, 0) is 0 Å². The minimum atomic E-state index is -0.127. The maximum absolute atomic E-state index is 12.6. The van der Waals surface area contributed by atoms with E-state index in [0.717, 1.165) is 41.9 Å². The third kappa shape index (κ3) is 4.57. The van der Waals surface area contributed by atoms with E-state index >= 15 is 0 Å². The molecule has 0 aliphatic heterocycles. The number of pyridine rings is 1. The van der Waals surface area contributed by atoms with Crippen LogP contribution in [0.5, 0.6) is 0 Å². The van der Waals surface area contributed by atoms with Crippen LogP contribution in [0.15, 0.2) is 36.7 Å². The van der Waals surface area contributed by atoms with Gasteiger partial charge in [0.2, 0.25) is 0 Å². The molecule has 1 aromatic heterocycles. The second kappa shape index (κ2) is 8.48. The van der Waals surface area contributed by atoms with Crippen molar-refractivity contribution in [3.63, 3.8) is 0 Å². The number of aromatic nitrogens is 1. The fraction of sp³-hybridized carbons (Fsp3) is 0.400. The maximum Gasteiger partial charge on any atom is 0.257 e. The highest BCUT2D eigenvalue weighted by Crippen LogP contribution is 2.28. The van der Waals surface area contributed by atoms with Crippen LogP contribution in [0.4, 0.5) is 11.4 Å². The predicted octanol–water partition coefficient (Wildman–Crippen LogP) is 4.98. The van der Waals surface area contributed by atoms with E-state index in [9.17, 15) is 4.79 Å². The molecule has 0 saturated carbocycles. The van der Waals surface area contributed by atoms with Crippen molar-refractivity contribution >= 4 is 17.3 Å². The molecule has 0 bridgehead atoms. The summed E-state index contributed by atoms with van der Waals surface area (Å²) in [7, 11) is 0. The summed E-state index contributed by atoms with van der Waals surface area (Å²) in [6.45, 7) is 9.31. The van der Waals surface area contributed by atoms with Crippen molar-refractivity contribution in [2.45, 2.75) is 46.5 Å². The third-order valence-electron chi connectivity index (χ3n) is 4.03. The van der Waals surface area contributed by atoms with Crippen LogP contribution in [0.1, 0.15) is 61.0 Å². The Kier molecular flexibility index (Phi) is 6.36. The summed E-state index contributed by atoms with van der Waals surface area (Å²) in [6, 6.07) is 7.96. The van der Waals surface area contributed by atoms with Gasteiger partial charge in [-0.2, -0.15) is 0 Å². The Balaban J connectivity index is 2.17. The zero-order valence-corrected chi connectivity index (χ0v) is 15.0. The summed E-state index contributed by atoms with van der Waals surface area (Å²) in [5, 5.41) is 6.37. The lowest BCUT2D eigenvalue weighted by Crippen LogP contribution is -2.15. The van der Waals surface area contributed by atoms with Crippen LogP contribution in [-0.4, -0.2) is 17.4 Å². The van der Waals surface area contributed by atoms with Crippen LogP contribution in [0.2, 0.25) is 0 Å². The Labute approximate surface area is 144 Å². The molecule has 0 atom stereocenters. The van der Waals surface area contributed by atoms with Crippen molar-refractivity contribution in [3.8, 4) is 0 Å². The van der Waals surface area contributed by atoms with Gasteiger partial charge in [0.15, 0.2) is 0 Å². The number of unbranched alkanes of at least 4 members (excludes halogenated alkanes) is 1. The van der Waals surface area contributed by atoms with Gasteiger partial charge >= 0.3 is 0 Å². The van der Waals surface area contributed by atoms with E-state index in [0.29, 0.717) is 11.5 Å². The number of hydrogen-bond acceptors (Lipinski definition) is 3. The number of anilines is 2. The van der Waals surface area contributed by atoms with Gasteiger partial charge in [0, 0.05) is 24.6 Å². The van der Waals surface area contributed by atoms with Crippen LogP contribution in [0, 0.1) is 6.92 Å². The summed E-state index contributed by atoms with van der Waals surface area (Å²) >= 11 is 0. The molecule has 2 rings (SSSR count). The Hall–Kier alpha value is -2.36. The largest absolute Gasteiger partial charge is 0.384 e. The van der Waals surface area contributed by atoms with Crippen LogP contribution >= 0.6 is 0 Å². The molecule has 2 N–H and O–H groups in total. The molecular formula is C20H27N3O. The Morgan fingerprint density at radius 1 is 1.25 bits per heavy atom. The molecule has 0 fully saturated rings. The summed E-state index contributed by atoms with van der Waals surface area (Å²) in [5.41, 5.74) is 4.56. The number of aryl methyl sites for hydroxylation is 1. The fourth-order valence-electron chi connectivity index (χ4n) is 2.60. The lowest BCUT2D eigenvalue weighted by atomic mass is 9.98. The molecule has 1 amide bonds. The van der Waals surface area contributed by atoms with Crippen molar-refractivity contribution in [1.29, 1.82) is 0 Å². The SMILES string of the molecule is CCCCNc1cncc(C(=O)Nc2c(C)cccc2C(C)C)c1. The molecule has 4 heteroatoms. The standard InChI is InChI=1S/C20H27N3O/c1-5-6-10-22-17-11-16(12-21-13-17)20(24)23-19-15(4)8-7-9-18(19)14(2)3/h7-9,11-14,22H,5-6,10H2,1-4H3,(H,23,24). The summed E-state index contributed by atoms with van der Waals surface area (Å²) in [5.74, 6) is 0.221. The van der Waals surface area contributed by atoms with Gasteiger partial charge in [0.05, 0.1) is 11.3 Å². The van der Waals surface area contributed by atoms with Gasteiger partial charge in [-0.05, 0) is 36.5 Å². The minimum absolute atomic E-state index is 0.127. The van der Waals surface area contributed by atoms with Crippen molar-refractivity contribution in [3.05, 3.63) is 53.3 Å². The van der Waals surface area contributed by atoms with E-state index in [4.69, 9.17) is 0 Å². The van der Waals surface area contributed by atoms with E-state index in [2.05, 4.69) is 42.5 Å². The second-order valence-electron chi connectivity index (χ2n) is 6.39. The van der Waals surface area contributed by atoms with Crippen molar-refractivity contribution < 1.29 is 4.79 Å². The van der Waals surface area contributed by atoms with Gasteiger partial charge in [-0.1, -0.05) is 45.4 Å². The molecule has 1 aromatic carbocycles. The van der Waals surface area contributed by atoms with E-state index in [-0.39, 0.29) is 5.91 Å². The molecular weight excluding hydrogens is 298 g/mol. The highest BCUT2D eigenvalue weighted by molar-refractivity contribution is 6.05. The smallest absolute Gasteiger partial charge is 0.257 e. The summed E-state index contributed by atoms with van der Waals surface area (Å²) in [6.07, 6.45) is 5.58. The number of para-hydroxylation sites is 1. The number of amides is 1. The van der Waals surface area contributed by atoms with E-state index in [1.54, 1.807) is 12.4 Å². The van der Waals surface area contributed by atoms with Crippen LogP contribution < -0.4 is 10.6 Å². The molecule has 1 heterocycles. The van der Waals surface area contributed by atoms with Crippen LogP contribution in [0.3, 0.4) is 0 Å². The van der Waals surface area contributed by atoms with Gasteiger partial charge in [-0.25, -0.2) is 0 Å². The zero-order valence-electron chi connectivity index (χ0n) is 15.0. The number of carbonyl (C=O) groups is 1. The summed E-state index contributed by atoms with van der Waals surface area (Å²) < 4.78 is 0. The molecule has 0 aliphatic carbocycles. The molecule has 0 unspecified atom stereocenters. The van der Waals surface area contributed by atoms with E-state index < -0.39 is 0 Å². The molecule has 128 valence electrons. The average Bonchev–Trinajstić information content (AvgIpc) is 2.57. The van der Waals surface area contributed by atoms with Crippen molar-refractivity contribution in [2.24, 2.45) is 0 Å². The number of nitrogens with zero attached hydrogens (tertiary/aromatic N) is 1. The monoisotopic (exact) mass is 325 g/mol. The highest BCUT2D eigenvalue weighted by Gasteiger charge is 2.14. The fourth-order valence-corrected chi connectivity index (χ4v) is 2.60. The normalized spacial score (nSPS) is 10.7. The van der Waals surface area contributed by atoms with E-state index in [1.807, 2.05) is 25.1 Å². The minimum Gasteiger partial charge on any atom is -0.384 e. The number of hydrogen-bond donors (Lipinski definition) is 2. The topological polar surface area (TPSA) is 54.0 Å². The molecule has 0 radical (unpaired) electrons. The maximum atomic E-state index is 12.6. The molecule has 4 nitrogen and oxygen atoms in total. The second-order valence-corrected chi connectivity index (χ2v) is 6.39. The van der Waals surface area contributed by atoms with Gasteiger partial charge in [0.25, 0.3) is 5.91 Å². The lowest BCUT2D eigenvalue weighted by Gasteiger charge is -2.16. The van der Waals surface area contributed by atoms with Crippen molar-refractivity contribution in [1.82, 2.24) is 4.98 Å². The highest BCUT2D eigenvalue weighted by atomic mass is 16.1. The van der Waals surface area contributed by atoms with Crippen LogP contribution in [0.25, 0.3) is 0 Å². The number of rotatable bonds is 7. The van der Waals surface area contributed by atoms with Gasteiger partial charge in [-0.3, -0.25) is 9.78 Å². The first-order valence-electron chi connectivity index (χ1n) is 8.62. The predicted molar refractivity (Wildman–Crippen MR) is 101 cm³/mol. The Bertz CT molecular complexity index is 695. The number of carbonyl (C=O) groups excluding carboxylic acids is 1. The van der Waals surface area contributed by atoms with Gasteiger partial charge in [-0.15, -0.1) is 0 Å². The Morgan fingerprint density at radius 3 is 2.75 bits per heavy atom. The Morgan fingerprint density at radius 2 is 2.04 bits per heavy atom. The lowest BCUT2D eigenvalue weighted by molar-refractivity contribution is 0.102. The third-order valence-corrected chi connectivity index (χ3v) is 4.03. The van der Waals surface area contributed by atoms with E-state index in [1.165, 1.54) is 0 Å². The first-order chi connectivity index (χ1) is 11.5. The number of nitrogens with one attached hydrogen (secondary N) is 2. The molecule has 0 aliphatic rings. The van der Waals surface area contributed by atoms with Gasteiger partial charge < -0.3 is 10.6 Å².